The number of nitrogens with zero attached hydrogens (tertiary/aromatic N) is 3. The van der Waals surface area contributed by atoms with Crippen LogP contribution >= 0.6 is 0 Å². The van der Waals surface area contributed by atoms with Crippen molar-refractivity contribution in [2.24, 2.45) is 0 Å². The van der Waals surface area contributed by atoms with Crippen molar-refractivity contribution in [2.45, 2.75) is 45.0 Å². The van der Waals surface area contributed by atoms with Gasteiger partial charge in [-0.25, -0.2) is 0 Å². The van der Waals surface area contributed by atoms with E-state index in [1.165, 1.54) is 5.56 Å². The zero-order valence-corrected chi connectivity index (χ0v) is 41.6. The van der Waals surface area contributed by atoms with E-state index in [0.29, 0.717) is 59.6 Å². The van der Waals surface area contributed by atoms with Crippen LogP contribution in [0.1, 0.15) is 61.4 Å². The third-order valence-corrected chi connectivity index (χ3v) is 11.8. The average Bonchev–Trinajstić information content (AvgIpc) is 4.28. The second-order valence-corrected chi connectivity index (χ2v) is 17.4. The van der Waals surface area contributed by atoms with Gasteiger partial charge in [0.1, 0.15) is 42.8 Å². The minimum atomic E-state index is -0.389. The van der Waals surface area contributed by atoms with Crippen LogP contribution in [0.15, 0.2) is 225 Å². The Morgan fingerprint density at radius 1 is 0.453 bits per heavy atom. The van der Waals surface area contributed by atoms with Crippen LogP contribution < -0.4 is 34.9 Å². The highest BCUT2D eigenvalue weighted by Gasteiger charge is 2.51. The van der Waals surface area contributed by atoms with E-state index < -0.39 is 0 Å². The number of hydrogen-bond donors (Lipinski definition) is 3. The molecule has 1 saturated carbocycles. The van der Waals surface area contributed by atoms with Gasteiger partial charge in [-0.15, -0.1) is 0 Å². The standard InChI is InChI=1S/C23H22N2O2.C20H18N2O3.C19H16N2O2/c1-17-7-9-19(10-8-17)23(11-12-23)22(26)25-20-5-2-6-21(14-20)27-16-18-4-3-13-24-15-18;1-24-18-8-2-6-16(11-18)20(23)22-17-7-3-9-19(12-17)25-14-15-5-4-10-21-13-15;22-19(16-7-2-1-3-8-16)21-17-9-4-10-18(12-17)23-14-15-6-5-11-20-13-15/h2-10,13-15H,11-12,16H2,1H3,(H,25,26);2-13H,14H2,1H3,(H,22,23);1-13H,14H2,(H,21,22). The third kappa shape index (κ3) is 15.7. The van der Waals surface area contributed by atoms with Gasteiger partial charge in [-0.3, -0.25) is 29.3 Å². The van der Waals surface area contributed by atoms with Crippen LogP contribution in [0.2, 0.25) is 0 Å². The van der Waals surface area contributed by atoms with E-state index in [0.717, 1.165) is 46.5 Å². The molecule has 13 nitrogen and oxygen atoms in total. The van der Waals surface area contributed by atoms with E-state index in [2.05, 4.69) is 62.1 Å². The van der Waals surface area contributed by atoms with Gasteiger partial charge in [0.05, 0.1) is 12.5 Å². The van der Waals surface area contributed by atoms with Gasteiger partial charge in [-0.05, 0) is 110 Å². The lowest BCUT2D eigenvalue weighted by atomic mass is 9.94. The molecule has 0 unspecified atom stereocenters. The molecule has 3 N–H and O–H groups in total. The van der Waals surface area contributed by atoms with Gasteiger partial charge in [0.15, 0.2) is 0 Å². The first-order valence-corrected chi connectivity index (χ1v) is 24.3. The zero-order valence-electron chi connectivity index (χ0n) is 41.6. The van der Waals surface area contributed by atoms with Crippen molar-refractivity contribution >= 4 is 34.8 Å². The largest absolute Gasteiger partial charge is 0.497 e. The molecule has 1 aliphatic carbocycles. The van der Waals surface area contributed by atoms with Crippen LogP contribution in [-0.4, -0.2) is 39.8 Å². The molecule has 0 saturated heterocycles. The Bertz CT molecular complexity index is 3250. The van der Waals surface area contributed by atoms with E-state index >= 15 is 0 Å². The summed E-state index contributed by atoms with van der Waals surface area (Å²) in [5.41, 5.74) is 8.14. The maximum absolute atomic E-state index is 12.9. The number of carbonyl (C=O) groups excluding carboxylic acids is 3. The molecule has 0 radical (unpaired) electrons. The molecular formula is C62H56N6O7. The quantitative estimate of drug-likeness (QED) is 0.0800. The van der Waals surface area contributed by atoms with E-state index in [1.807, 2.05) is 115 Å². The Morgan fingerprint density at radius 3 is 1.32 bits per heavy atom. The molecule has 0 atom stereocenters. The van der Waals surface area contributed by atoms with Crippen molar-refractivity contribution in [3.05, 3.63) is 264 Å². The number of ether oxygens (including phenoxy) is 4. The number of hydrogen-bond acceptors (Lipinski definition) is 10. The zero-order chi connectivity index (χ0) is 52.1. The number of amides is 3. The number of aromatic nitrogens is 3. The van der Waals surface area contributed by atoms with Gasteiger partial charge in [-0.2, -0.15) is 0 Å². The molecular weight excluding hydrogens is 941 g/mol. The van der Waals surface area contributed by atoms with Gasteiger partial charge in [0.2, 0.25) is 5.91 Å². The van der Waals surface area contributed by atoms with E-state index in [9.17, 15) is 14.4 Å². The normalized spacial score (nSPS) is 11.7. The van der Waals surface area contributed by atoms with Crippen molar-refractivity contribution in [3.8, 4) is 23.0 Å². The molecule has 3 heterocycles. The Hall–Kier alpha value is -9.62. The van der Waals surface area contributed by atoms with Crippen LogP contribution in [0.5, 0.6) is 23.0 Å². The number of rotatable bonds is 17. The number of carbonyl (C=O) groups is 3. The Balaban J connectivity index is 0.000000150. The summed E-state index contributed by atoms with van der Waals surface area (Å²) in [6, 6.07) is 58.0. The summed E-state index contributed by atoms with van der Waals surface area (Å²) in [5.74, 6) is 2.43. The lowest BCUT2D eigenvalue weighted by Gasteiger charge is -2.16. The highest BCUT2D eigenvalue weighted by Crippen LogP contribution is 2.49. The topological polar surface area (TPSA) is 163 Å². The summed E-state index contributed by atoms with van der Waals surface area (Å²) >= 11 is 0. The molecule has 376 valence electrons. The fraction of sp³-hybridized carbons (Fsp3) is 0.129. The highest BCUT2D eigenvalue weighted by atomic mass is 16.5. The molecule has 13 heteroatoms. The number of nitrogens with one attached hydrogen (secondary N) is 3. The van der Waals surface area contributed by atoms with E-state index in [4.69, 9.17) is 18.9 Å². The predicted octanol–water partition coefficient (Wildman–Crippen LogP) is 12.5. The average molecular weight is 997 g/mol. The van der Waals surface area contributed by atoms with Crippen LogP contribution in [-0.2, 0) is 30.0 Å². The monoisotopic (exact) mass is 996 g/mol. The van der Waals surface area contributed by atoms with E-state index in [1.54, 1.807) is 92.8 Å². The van der Waals surface area contributed by atoms with Gasteiger partial charge < -0.3 is 34.9 Å². The maximum atomic E-state index is 12.9. The molecule has 0 bridgehead atoms. The molecule has 3 aromatic heterocycles. The third-order valence-electron chi connectivity index (χ3n) is 11.8. The fourth-order valence-corrected chi connectivity index (χ4v) is 7.60. The van der Waals surface area contributed by atoms with E-state index in [-0.39, 0.29) is 23.1 Å². The van der Waals surface area contributed by atoms with Gasteiger partial charge in [-0.1, -0.05) is 90.5 Å². The Morgan fingerprint density at radius 2 is 0.880 bits per heavy atom. The molecule has 10 rings (SSSR count). The summed E-state index contributed by atoms with van der Waals surface area (Å²) in [6.07, 6.45) is 12.3. The van der Waals surface area contributed by atoms with Crippen molar-refractivity contribution in [3.63, 3.8) is 0 Å². The van der Waals surface area contributed by atoms with Crippen LogP contribution in [0, 0.1) is 6.92 Å². The summed E-state index contributed by atoms with van der Waals surface area (Å²) < 4.78 is 22.4. The summed E-state index contributed by atoms with van der Waals surface area (Å²) in [6.45, 7) is 3.35. The maximum Gasteiger partial charge on any atom is 0.255 e. The summed E-state index contributed by atoms with van der Waals surface area (Å²) in [7, 11) is 1.57. The molecule has 75 heavy (non-hydrogen) atoms. The number of benzene rings is 6. The molecule has 9 aromatic rings. The Kier molecular flexibility index (Phi) is 18.1. The van der Waals surface area contributed by atoms with Crippen LogP contribution in [0.3, 0.4) is 0 Å². The molecule has 0 spiro atoms. The van der Waals surface area contributed by atoms with Crippen LogP contribution in [0.25, 0.3) is 0 Å². The molecule has 1 aliphatic rings. The van der Waals surface area contributed by atoms with Crippen molar-refractivity contribution in [1.29, 1.82) is 0 Å². The molecule has 0 aliphatic heterocycles. The number of methoxy groups -OCH3 is 1. The number of pyridine rings is 3. The summed E-state index contributed by atoms with van der Waals surface area (Å²) in [4.78, 5) is 49.6. The first-order chi connectivity index (χ1) is 36.7. The predicted molar refractivity (Wildman–Crippen MR) is 291 cm³/mol. The lowest BCUT2D eigenvalue weighted by Crippen LogP contribution is -2.27. The number of aryl methyl sites for hydroxylation is 1. The van der Waals surface area contributed by atoms with Gasteiger partial charge in [0, 0.05) is 100 Å². The second-order valence-electron chi connectivity index (χ2n) is 17.4. The van der Waals surface area contributed by atoms with Crippen molar-refractivity contribution in [1.82, 2.24) is 15.0 Å². The summed E-state index contributed by atoms with van der Waals surface area (Å²) in [5, 5.41) is 8.79. The lowest BCUT2D eigenvalue weighted by molar-refractivity contribution is -0.118. The van der Waals surface area contributed by atoms with Gasteiger partial charge >= 0.3 is 0 Å². The first kappa shape index (κ1) is 51.7. The molecule has 3 amide bonds. The fourth-order valence-electron chi connectivity index (χ4n) is 7.60. The minimum Gasteiger partial charge on any atom is -0.497 e. The smallest absolute Gasteiger partial charge is 0.255 e. The SMILES string of the molecule is COc1cccc(C(=O)Nc2cccc(OCc3cccnc3)c2)c1.Cc1ccc(C2(C(=O)Nc3cccc(OCc4cccnc4)c3)CC2)cc1.O=C(Nc1cccc(OCc2cccnc2)c1)c1ccccc1. The Labute approximate surface area is 436 Å². The van der Waals surface area contributed by atoms with Crippen molar-refractivity contribution in [2.75, 3.05) is 23.1 Å². The van der Waals surface area contributed by atoms with Crippen LogP contribution in [0.4, 0.5) is 17.1 Å². The first-order valence-electron chi connectivity index (χ1n) is 24.3. The van der Waals surface area contributed by atoms with Crippen molar-refractivity contribution < 1.29 is 33.3 Å². The number of anilines is 3. The minimum absolute atomic E-state index is 0.0516. The van der Waals surface area contributed by atoms with Gasteiger partial charge in [0.25, 0.3) is 11.8 Å². The second kappa shape index (κ2) is 26.2. The highest BCUT2D eigenvalue weighted by molar-refractivity contribution is 6.05. The molecule has 6 aromatic carbocycles. The molecule has 1 fully saturated rings.